The molecular formula is C12H19N3O2S2. The van der Waals surface area contributed by atoms with Crippen LogP contribution in [0, 0.1) is 6.92 Å². The van der Waals surface area contributed by atoms with Crippen LogP contribution in [0.1, 0.15) is 37.8 Å². The average molecular weight is 301 g/mol. The number of rotatable bonds is 5. The summed E-state index contributed by atoms with van der Waals surface area (Å²) in [6.45, 7) is 2.09. The van der Waals surface area contributed by atoms with Crippen molar-refractivity contribution in [3.63, 3.8) is 0 Å². The van der Waals surface area contributed by atoms with Gasteiger partial charge in [-0.05, 0) is 39.0 Å². The Kier molecular flexibility index (Phi) is 4.59. The van der Waals surface area contributed by atoms with Crippen LogP contribution in [0.25, 0.3) is 0 Å². The molecule has 0 saturated carbocycles. The minimum atomic E-state index is -3.47. The number of hydrogen-bond acceptors (Lipinski definition) is 5. The Morgan fingerprint density at radius 1 is 1.47 bits per heavy atom. The Hall–Kier alpha value is -0.920. The summed E-state index contributed by atoms with van der Waals surface area (Å²) >= 11 is 1.01. The number of aryl methyl sites for hydroxylation is 1. The van der Waals surface area contributed by atoms with Crippen molar-refractivity contribution in [3.8, 4) is 0 Å². The second-order valence-corrected chi connectivity index (χ2v) is 7.67. The molecule has 5 nitrogen and oxygen atoms in total. The van der Waals surface area contributed by atoms with E-state index in [1.54, 1.807) is 6.92 Å². The smallest absolute Gasteiger partial charge is 0.252 e. The lowest BCUT2D eigenvalue weighted by Gasteiger charge is -2.12. The molecule has 0 aliphatic heterocycles. The summed E-state index contributed by atoms with van der Waals surface area (Å²) in [5.41, 5.74) is 7.35. The third kappa shape index (κ3) is 3.77. The van der Waals surface area contributed by atoms with Crippen LogP contribution in [0.4, 0.5) is 5.13 Å². The summed E-state index contributed by atoms with van der Waals surface area (Å²) in [6, 6.07) is 0. The molecule has 0 spiro atoms. The number of nitrogens with zero attached hydrogens (tertiary/aromatic N) is 1. The lowest BCUT2D eigenvalue weighted by molar-refractivity contribution is 0.581. The normalized spacial score (nSPS) is 16.4. The van der Waals surface area contributed by atoms with E-state index >= 15 is 0 Å². The molecule has 1 heterocycles. The highest BCUT2D eigenvalue weighted by Crippen LogP contribution is 2.25. The quantitative estimate of drug-likeness (QED) is 0.816. The van der Waals surface area contributed by atoms with E-state index in [0.29, 0.717) is 12.2 Å². The van der Waals surface area contributed by atoms with Gasteiger partial charge in [-0.2, -0.15) is 0 Å². The molecule has 0 radical (unpaired) electrons. The highest BCUT2D eigenvalue weighted by molar-refractivity contribution is 7.91. The zero-order valence-corrected chi connectivity index (χ0v) is 12.6. The number of hydrogen-bond donors (Lipinski definition) is 2. The van der Waals surface area contributed by atoms with Crippen LogP contribution in [0.15, 0.2) is 15.9 Å². The second-order valence-electron chi connectivity index (χ2n) is 4.68. The van der Waals surface area contributed by atoms with E-state index in [1.807, 2.05) is 0 Å². The Morgan fingerprint density at radius 2 is 2.26 bits per heavy atom. The van der Waals surface area contributed by atoms with E-state index in [2.05, 4.69) is 15.8 Å². The molecular weight excluding hydrogens is 282 g/mol. The topological polar surface area (TPSA) is 85.1 Å². The summed E-state index contributed by atoms with van der Waals surface area (Å²) in [5.74, 6) is 0. The van der Waals surface area contributed by atoms with Crippen molar-refractivity contribution >= 4 is 26.5 Å². The standard InChI is InChI=1S/C12H19N3O2S2/c1-9-11(18-12(13)15-9)19(16,17)14-8-7-10-5-3-2-4-6-10/h5,14H,2-4,6-8H2,1H3,(H2,13,15). The van der Waals surface area contributed by atoms with Crippen molar-refractivity contribution in [1.82, 2.24) is 9.71 Å². The van der Waals surface area contributed by atoms with E-state index in [-0.39, 0.29) is 9.34 Å². The van der Waals surface area contributed by atoms with Gasteiger partial charge < -0.3 is 5.73 Å². The first kappa shape index (κ1) is 14.5. The molecule has 0 amide bonds. The van der Waals surface area contributed by atoms with Crippen LogP contribution < -0.4 is 10.5 Å². The molecule has 19 heavy (non-hydrogen) atoms. The Labute approximate surface area is 118 Å². The number of nitrogen functional groups attached to an aromatic ring is 1. The maximum atomic E-state index is 12.1. The molecule has 0 fully saturated rings. The van der Waals surface area contributed by atoms with Crippen molar-refractivity contribution in [3.05, 3.63) is 17.3 Å². The first-order chi connectivity index (χ1) is 8.99. The van der Waals surface area contributed by atoms with Crippen LogP contribution in [-0.4, -0.2) is 19.9 Å². The molecule has 0 atom stereocenters. The van der Waals surface area contributed by atoms with Gasteiger partial charge in [0.1, 0.15) is 0 Å². The summed E-state index contributed by atoms with van der Waals surface area (Å²) in [6.07, 6.45) is 7.68. The predicted molar refractivity (Wildman–Crippen MR) is 77.6 cm³/mol. The molecule has 7 heteroatoms. The fraction of sp³-hybridized carbons (Fsp3) is 0.583. The van der Waals surface area contributed by atoms with Gasteiger partial charge in [0.15, 0.2) is 9.34 Å². The van der Waals surface area contributed by atoms with E-state index in [9.17, 15) is 8.42 Å². The highest BCUT2D eigenvalue weighted by Gasteiger charge is 2.20. The fourth-order valence-electron chi connectivity index (χ4n) is 2.20. The molecule has 1 aliphatic carbocycles. The Bertz CT molecular complexity index is 576. The number of anilines is 1. The third-order valence-corrected chi connectivity index (χ3v) is 6.20. The monoisotopic (exact) mass is 301 g/mol. The number of aromatic nitrogens is 1. The van der Waals surface area contributed by atoms with Gasteiger partial charge in [-0.25, -0.2) is 18.1 Å². The lowest BCUT2D eigenvalue weighted by Crippen LogP contribution is -2.25. The number of nitrogens with one attached hydrogen (secondary N) is 1. The first-order valence-corrected chi connectivity index (χ1v) is 8.69. The first-order valence-electron chi connectivity index (χ1n) is 6.39. The van der Waals surface area contributed by atoms with Crippen molar-refractivity contribution < 1.29 is 8.42 Å². The van der Waals surface area contributed by atoms with Gasteiger partial charge in [0, 0.05) is 6.54 Å². The maximum Gasteiger partial charge on any atom is 0.252 e. The average Bonchev–Trinajstić information content (AvgIpc) is 2.70. The zero-order valence-electron chi connectivity index (χ0n) is 11.0. The van der Waals surface area contributed by atoms with Crippen LogP contribution in [0.2, 0.25) is 0 Å². The van der Waals surface area contributed by atoms with Gasteiger partial charge in [-0.15, -0.1) is 0 Å². The summed E-state index contributed by atoms with van der Waals surface area (Å²) in [4.78, 5) is 3.94. The number of allylic oxidation sites excluding steroid dienone is 1. The zero-order chi connectivity index (χ0) is 13.9. The van der Waals surface area contributed by atoms with Crippen LogP contribution in [-0.2, 0) is 10.0 Å². The van der Waals surface area contributed by atoms with Crippen LogP contribution in [0.3, 0.4) is 0 Å². The van der Waals surface area contributed by atoms with Gasteiger partial charge in [0.2, 0.25) is 0 Å². The number of nitrogens with two attached hydrogens (primary N) is 1. The third-order valence-electron chi connectivity index (χ3n) is 3.14. The van der Waals surface area contributed by atoms with E-state index in [1.165, 1.54) is 18.4 Å². The van der Waals surface area contributed by atoms with Gasteiger partial charge in [0.05, 0.1) is 5.69 Å². The SMILES string of the molecule is Cc1nc(N)sc1S(=O)(=O)NCCC1=CCCCC1. The molecule has 0 bridgehead atoms. The lowest BCUT2D eigenvalue weighted by atomic mass is 9.97. The highest BCUT2D eigenvalue weighted by atomic mass is 32.2. The summed E-state index contributed by atoms with van der Waals surface area (Å²) < 4.78 is 27.0. The van der Waals surface area contributed by atoms with Crippen LogP contribution in [0.5, 0.6) is 0 Å². The minimum absolute atomic E-state index is 0.225. The van der Waals surface area contributed by atoms with E-state index in [0.717, 1.165) is 30.6 Å². The predicted octanol–water partition coefficient (Wildman–Crippen LogP) is 2.20. The minimum Gasteiger partial charge on any atom is -0.375 e. The summed E-state index contributed by atoms with van der Waals surface area (Å²) in [5, 5.41) is 0.285. The summed E-state index contributed by atoms with van der Waals surface area (Å²) in [7, 11) is -3.47. The maximum absolute atomic E-state index is 12.1. The van der Waals surface area contributed by atoms with Crippen molar-refractivity contribution in [2.45, 2.75) is 43.2 Å². The Balaban J connectivity index is 1.94. The molecule has 0 saturated heterocycles. The van der Waals surface area contributed by atoms with Crippen molar-refractivity contribution in [1.29, 1.82) is 0 Å². The van der Waals surface area contributed by atoms with Gasteiger partial charge in [-0.1, -0.05) is 23.0 Å². The van der Waals surface area contributed by atoms with Gasteiger partial charge >= 0.3 is 0 Å². The van der Waals surface area contributed by atoms with Crippen LogP contribution >= 0.6 is 11.3 Å². The molecule has 3 N–H and O–H groups in total. The second kappa shape index (κ2) is 6.02. The molecule has 0 unspecified atom stereocenters. The fourth-order valence-corrected chi connectivity index (χ4v) is 4.57. The van der Waals surface area contributed by atoms with Gasteiger partial charge in [0.25, 0.3) is 10.0 Å². The molecule has 0 aromatic carbocycles. The molecule has 2 rings (SSSR count). The van der Waals surface area contributed by atoms with Gasteiger partial charge in [-0.3, -0.25) is 0 Å². The number of thiazole rings is 1. The molecule has 1 aromatic rings. The Morgan fingerprint density at radius 3 is 2.84 bits per heavy atom. The molecule has 1 aliphatic rings. The van der Waals surface area contributed by atoms with E-state index < -0.39 is 10.0 Å². The molecule has 1 aromatic heterocycles. The van der Waals surface area contributed by atoms with E-state index in [4.69, 9.17) is 5.73 Å². The van der Waals surface area contributed by atoms with Crippen molar-refractivity contribution in [2.24, 2.45) is 0 Å². The largest absolute Gasteiger partial charge is 0.375 e. The number of sulfonamides is 1. The molecule has 106 valence electrons. The van der Waals surface area contributed by atoms with Crippen molar-refractivity contribution in [2.75, 3.05) is 12.3 Å².